The van der Waals surface area contributed by atoms with Crippen molar-refractivity contribution in [2.45, 2.75) is 46.6 Å². The van der Waals surface area contributed by atoms with Crippen LogP contribution in [0.5, 0.6) is 0 Å². The highest BCUT2D eigenvalue weighted by molar-refractivity contribution is 4.67. The van der Waals surface area contributed by atoms with Crippen molar-refractivity contribution in [3.05, 3.63) is 0 Å². The highest BCUT2D eigenvalue weighted by atomic mass is 16.5. The zero-order valence-electron chi connectivity index (χ0n) is 9.60. The van der Waals surface area contributed by atoms with Crippen molar-refractivity contribution >= 4 is 0 Å². The Morgan fingerprint density at radius 1 is 1.23 bits per heavy atom. The van der Waals surface area contributed by atoms with Crippen molar-refractivity contribution < 1.29 is 4.74 Å². The van der Waals surface area contributed by atoms with Crippen LogP contribution in [0.4, 0.5) is 0 Å². The molecule has 0 aromatic rings. The molecule has 0 aliphatic heterocycles. The fourth-order valence-electron chi connectivity index (χ4n) is 1.46. The summed E-state index contributed by atoms with van der Waals surface area (Å²) in [5, 5.41) is 3.55. The molecule has 0 aromatic carbocycles. The van der Waals surface area contributed by atoms with Gasteiger partial charge in [-0.15, -0.1) is 0 Å². The van der Waals surface area contributed by atoms with E-state index in [9.17, 15) is 0 Å². The molecule has 0 aliphatic rings. The first-order valence-electron chi connectivity index (χ1n) is 5.53. The molecule has 80 valence electrons. The molecule has 1 unspecified atom stereocenters. The summed E-state index contributed by atoms with van der Waals surface area (Å²) in [5.74, 6) is 0.733. The first-order chi connectivity index (χ1) is 6.22. The Hall–Kier alpha value is -0.0800. The average Bonchev–Trinajstić information content (AvgIpc) is 2.10. The first-order valence-corrected chi connectivity index (χ1v) is 5.53. The maximum absolute atomic E-state index is 5.27. The van der Waals surface area contributed by atoms with Crippen molar-refractivity contribution in [3.8, 4) is 0 Å². The highest BCUT2D eigenvalue weighted by Gasteiger charge is 2.08. The van der Waals surface area contributed by atoms with Crippen LogP contribution >= 0.6 is 0 Å². The molecule has 2 heteroatoms. The predicted molar refractivity (Wildman–Crippen MR) is 58.0 cm³/mol. The molecule has 0 aliphatic carbocycles. The van der Waals surface area contributed by atoms with Crippen LogP contribution in [-0.4, -0.2) is 25.8 Å². The van der Waals surface area contributed by atoms with E-state index in [1.165, 1.54) is 6.42 Å². The lowest BCUT2D eigenvalue weighted by atomic mass is 10.0. The molecule has 0 bridgehead atoms. The lowest BCUT2D eigenvalue weighted by Gasteiger charge is -2.20. The second-order valence-corrected chi connectivity index (χ2v) is 3.76. The van der Waals surface area contributed by atoms with E-state index in [1.807, 2.05) is 6.92 Å². The quantitative estimate of drug-likeness (QED) is 0.589. The van der Waals surface area contributed by atoms with Gasteiger partial charge in [-0.25, -0.2) is 0 Å². The van der Waals surface area contributed by atoms with Crippen molar-refractivity contribution in [1.29, 1.82) is 0 Å². The molecule has 13 heavy (non-hydrogen) atoms. The molecular formula is C11H25NO. The second-order valence-electron chi connectivity index (χ2n) is 3.76. The molecule has 2 nitrogen and oxygen atoms in total. The van der Waals surface area contributed by atoms with Gasteiger partial charge in [0, 0.05) is 19.3 Å². The van der Waals surface area contributed by atoms with Gasteiger partial charge in [0.15, 0.2) is 0 Å². The van der Waals surface area contributed by atoms with Gasteiger partial charge in [0.05, 0.1) is 0 Å². The van der Waals surface area contributed by atoms with Crippen LogP contribution in [0.25, 0.3) is 0 Å². The normalized spacial score (nSPS) is 13.6. The van der Waals surface area contributed by atoms with Crippen molar-refractivity contribution in [2.75, 3.05) is 19.8 Å². The summed E-state index contributed by atoms with van der Waals surface area (Å²) < 4.78 is 5.27. The smallest absolute Gasteiger partial charge is 0.0477 e. The van der Waals surface area contributed by atoms with E-state index < -0.39 is 0 Å². The van der Waals surface area contributed by atoms with Crippen LogP contribution in [0.2, 0.25) is 0 Å². The first kappa shape index (κ1) is 12.9. The molecule has 0 heterocycles. The van der Waals surface area contributed by atoms with Crippen molar-refractivity contribution in [3.63, 3.8) is 0 Å². The van der Waals surface area contributed by atoms with Gasteiger partial charge in [-0.1, -0.05) is 20.8 Å². The summed E-state index contributed by atoms with van der Waals surface area (Å²) in [5.41, 5.74) is 0. The summed E-state index contributed by atoms with van der Waals surface area (Å²) >= 11 is 0. The van der Waals surface area contributed by atoms with Gasteiger partial charge in [0.1, 0.15) is 0 Å². The molecule has 0 rings (SSSR count). The van der Waals surface area contributed by atoms with Gasteiger partial charge in [-0.2, -0.15) is 0 Å². The largest absolute Gasteiger partial charge is 0.382 e. The number of rotatable bonds is 8. The predicted octanol–water partition coefficient (Wildman–Crippen LogP) is 2.44. The van der Waals surface area contributed by atoms with E-state index >= 15 is 0 Å². The third-order valence-electron chi connectivity index (χ3n) is 2.32. The Labute approximate surface area is 83.1 Å². The molecule has 0 aromatic heterocycles. The summed E-state index contributed by atoms with van der Waals surface area (Å²) in [4.78, 5) is 0. The number of ether oxygens (including phenoxy) is 1. The SMILES string of the molecule is CCOCCCNC(CC)C(C)C. The van der Waals surface area contributed by atoms with Gasteiger partial charge in [0.2, 0.25) is 0 Å². The van der Waals surface area contributed by atoms with Crippen molar-refractivity contribution in [2.24, 2.45) is 5.92 Å². The van der Waals surface area contributed by atoms with E-state index in [-0.39, 0.29) is 0 Å². The number of nitrogens with one attached hydrogen (secondary N) is 1. The topological polar surface area (TPSA) is 21.3 Å². The number of hydrogen-bond acceptors (Lipinski definition) is 2. The zero-order valence-corrected chi connectivity index (χ0v) is 9.60. The van der Waals surface area contributed by atoms with E-state index in [0.29, 0.717) is 6.04 Å². The van der Waals surface area contributed by atoms with Crippen LogP contribution in [-0.2, 0) is 4.74 Å². The lowest BCUT2D eigenvalue weighted by Crippen LogP contribution is -2.34. The molecule has 0 amide bonds. The maximum atomic E-state index is 5.27. The van der Waals surface area contributed by atoms with Gasteiger partial charge in [0.25, 0.3) is 0 Å². The molecule has 0 spiro atoms. The standard InChI is InChI=1S/C11H25NO/c1-5-11(10(3)4)12-8-7-9-13-6-2/h10-12H,5-9H2,1-4H3. The highest BCUT2D eigenvalue weighted by Crippen LogP contribution is 2.04. The molecule has 1 N–H and O–H groups in total. The second kappa shape index (κ2) is 8.52. The molecular weight excluding hydrogens is 162 g/mol. The molecule has 0 radical (unpaired) electrons. The van der Waals surface area contributed by atoms with E-state index in [4.69, 9.17) is 4.74 Å². The Balaban J connectivity index is 3.28. The van der Waals surface area contributed by atoms with Crippen LogP contribution in [0.1, 0.15) is 40.5 Å². The zero-order chi connectivity index (χ0) is 10.1. The van der Waals surface area contributed by atoms with Crippen LogP contribution in [0, 0.1) is 5.92 Å². The minimum Gasteiger partial charge on any atom is -0.382 e. The minimum atomic E-state index is 0.668. The van der Waals surface area contributed by atoms with E-state index in [1.54, 1.807) is 0 Å². The van der Waals surface area contributed by atoms with E-state index in [0.717, 1.165) is 32.1 Å². The summed E-state index contributed by atoms with van der Waals surface area (Å²) in [6, 6.07) is 0.668. The molecule has 0 saturated carbocycles. The Morgan fingerprint density at radius 2 is 1.92 bits per heavy atom. The fourth-order valence-corrected chi connectivity index (χ4v) is 1.46. The summed E-state index contributed by atoms with van der Waals surface area (Å²) in [6.07, 6.45) is 2.34. The molecule has 0 saturated heterocycles. The summed E-state index contributed by atoms with van der Waals surface area (Å²) in [7, 11) is 0. The fraction of sp³-hybridized carbons (Fsp3) is 1.00. The monoisotopic (exact) mass is 187 g/mol. The lowest BCUT2D eigenvalue weighted by molar-refractivity contribution is 0.143. The Bertz CT molecular complexity index is 104. The van der Waals surface area contributed by atoms with Crippen molar-refractivity contribution in [1.82, 2.24) is 5.32 Å². The van der Waals surface area contributed by atoms with Gasteiger partial charge in [-0.3, -0.25) is 0 Å². The molecule has 0 fully saturated rings. The van der Waals surface area contributed by atoms with Gasteiger partial charge in [-0.05, 0) is 32.2 Å². The van der Waals surface area contributed by atoms with Crippen LogP contribution in [0.15, 0.2) is 0 Å². The minimum absolute atomic E-state index is 0.668. The van der Waals surface area contributed by atoms with Gasteiger partial charge < -0.3 is 10.1 Å². The third kappa shape index (κ3) is 7.03. The third-order valence-corrected chi connectivity index (χ3v) is 2.32. The Morgan fingerprint density at radius 3 is 2.38 bits per heavy atom. The van der Waals surface area contributed by atoms with Crippen LogP contribution < -0.4 is 5.32 Å². The average molecular weight is 187 g/mol. The molecule has 1 atom stereocenters. The maximum Gasteiger partial charge on any atom is 0.0477 e. The Kier molecular flexibility index (Phi) is 8.46. The van der Waals surface area contributed by atoms with Crippen LogP contribution in [0.3, 0.4) is 0 Å². The summed E-state index contributed by atoms with van der Waals surface area (Å²) in [6.45, 7) is 11.6. The van der Waals surface area contributed by atoms with Gasteiger partial charge >= 0.3 is 0 Å². The van der Waals surface area contributed by atoms with E-state index in [2.05, 4.69) is 26.1 Å². The number of hydrogen-bond donors (Lipinski definition) is 1.